The van der Waals surface area contributed by atoms with E-state index in [0.717, 1.165) is 49.2 Å². The molecular weight excluding hydrogens is 336 g/mol. The third kappa shape index (κ3) is 3.47. The Morgan fingerprint density at radius 3 is 2.89 bits per heavy atom. The summed E-state index contributed by atoms with van der Waals surface area (Å²) in [5.41, 5.74) is 6.45. The molecule has 2 heterocycles. The van der Waals surface area contributed by atoms with Crippen LogP contribution >= 0.6 is 0 Å². The SMILES string of the molecule is CN1CCCc2ccc(NC(=O)c3n[nH]c4c3C[C@H](C(C)(C)C)CC4)cc21. The number of hydrogen-bond donors (Lipinski definition) is 2. The zero-order chi connectivity index (χ0) is 19.2. The second-order valence-electron chi connectivity index (χ2n) is 9.16. The van der Waals surface area contributed by atoms with Crippen molar-refractivity contribution in [2.75, 3.05) is 23.8 Å². The first-order valence-electron chi connectivity index (χ1n) is 10.0. The summed E-state index contributed by atoms with van der Waals surface area (Å²) in [5, 5.41) is 10.5. The molecule has 0 saturated heterocycles. The predicted octanol–water partition coefficient (Wildman–Crippen LogP) is 4.20. The molecule has 2 aliphatic rings. The maximum absolute atomic E-state index is 12.9. The van der Waals surface area contributed by atoms with Gasteiger partial charge in [-0.2, -0.15) is 5.10 Å². The molecule has 0 bridgehead atoms. The molecule has 144 valence electrons. The average molecular weight is 367 g/mol. The van der Waals surface area contributed by atoms with Crippen molar-refractivity contribution in [2.24, 2.45) is 11.3 Å². The highest BCUT2D eigenvalue weighted by Gasteiger charge is 2.32. The van der Waals surface area contributed by atoms with Crippen LogP contribution in [0.4, 0.5) is 11.4 Å². The molecule has 2 aromatic rings. The van der Waals surface area contributed by atoms with Crippen LogP contribution in [0, 0.1) is 11.3 Å². The lowest BCUT2D eigenvalue weighted by Gasteiger charge is -2.33. The van der Waals surface area contributed by atoms with Gasteiger partial charge in [0.2, 0.25) is 0 Å². The number of carbonyl (C=O) groups is 1. The van der Waals surface area contributed by atoms with Crippen LogP contribution in [0.25, 0.3) is 0 Å². The van der Waals surface area contributed by atoms with Gasteiger partial charge in [-0.25, -0.2) is 0 Å². The predicted molar refractivity (Wildman–Crippen MR) is 110 cm³/mol. The number of aromatic nitrogens is 2. The standard InChI is InChI=1S/C22H30N4O/c1-22(2,3)15-8-10-18-17(12-15)20(25-24-18)21(27)23-16-9-7-14-6-5-11-26(4)19(14)13-16/h7,9,13,15H,5-6,8,10-12H2,1-4H3,(H,23,27)(H,24,25)/t15-/m1/s1. The van der Waals surface area contributed by atoms with Crippen LogP contribution in [-0.4, -0.2) is 29.7 Å². The maximum atomic E-state index is 12.9. The normalized spacial score (nSPS) is 19.4. The van der Waals surface area contributed by atoms with Crippen LogP contribution in [0.3, 0.4) is 0 Å². The van der Waals surface area contributed by atoms with Crippen molar-refractivity contribution in [3.63, 3.8) is 0 Å². The zero-order valence-electron chi connectivity index (χ0n) is 16.9. The molecule has 1 aromatic heterocycles. The van der Waals surface area contributed by atoms with Gasteiger partial charge in [-0.1, -0.05) is 26.8 Å². The lowest BCUT2D eigenvalue weighted by atomic mass is 9.71. The molecule has 2 N–H and O–H groups in total. The Balaban J connectivity index is 1.55. The number of aromatic amines is 1. The van der Waals surface area contributed by atoms with Crippen molar-refractivity contribution in [3.8, 4) is 0 Å². The number of carbonyl (C=O) groups excluding carboxylic acids is 1. The van der Waals surface area contributed by atoms with Crippen molar-refractivity contribution in [2.45, 2.75) is 52.9 Å². The van der Waals surface area contributed by atoms with E-state index in [1.807, 2.05) is 6.07 Å². The van der Waals surface area contributed by atoms with Crippen LogP contribution in [0.15, 0.2) is 18.2 Å². The van der Waals surface area contributed by atoms with Gasteiger partial charge < -0.3 is 10.2 Å². The highest BCUT2D eigenvalue weighted by Crippen LogP contribution is 2.38. The number of H-pyrrole nitrogens is 1. The smallest absolute Gasteiger partial charge is 0.276 e. The van der Waals surface area contributed by atoms with E-state index < -0.39 is 0 Å². The Morgan fingerprint density at radius 2 is 2.11 bits per heavy atom. The van der Waals surface area contributed by atoms with Gasteiger partial charge in [-0.05, 0) is 61.1 Å². The Morgan fingerprint density at radius 1 is 1.30 bits per heavy atom. The fourth-order valence-corrected chi connectivity index (χ4v) is 4.45. The van der Waals surface area contributed by atoms with E-state index in [0.29, 0.717) is 11.6 Å². The molecule has 5 nitrogen and oxygen atoms in total. The van der Waals surface area contributed by atoms with Crippen molar-refractivity contribution in [3.05, 3.63) is 40.7 Å². The van der Waals surface area contributed by atoms with Crippen molar-refractivity contribution < 1.29 is 4.79 Å². The first-order chi connectivity index (χ1) is 12.8. The number of nitrogens with one attached hydrogen (secondary N) is 2. The minimum absolute atomic E-state index is 0.111. The second-order valence-corrected chi connectivity index (χ2v) is 9.16. The molecule has 1 aliphatic heterocycles. The highest BCUT2D eigenvalue weighted by atomic mass is 16.1. The fraction of sp³-hybridized carbons (Fsp3) is 0.545. The van der Waals surface area contributed by atoms with E-state index in [-0.39, 0.29) is 11.3 Å². The Bertz CT molecular complexity index is 862. The summed E-state index contributed by atoms with van der Waals surface area (Å²) < 4.78 is 0. The van der Waals surface area contributed by atoms with Crippen LogP contribution in [0.1, 0.15) is 60.9 Å². The first kappa shape index (κ1) is 18.1. The number of nitrogens with zero attached hydrogens (tertiary/aromatic N) is 2. The third-order valence-corrected chi connectivity index (χ3v) is 6.28. The molecule has 1 aliphatic carbocycles. The zero-order valence-corrected chi connectivity index (χ0v) is 16.9. The number of aryl methyl sites for hydroxylation is 2. The van der Waals surface area contributed by atoms with Crippen molar-refractivity contribution in [1.29, 1.82) is 0 Å². The Kier molecular flexibility index (Phi) is 4.49. The topological polar surface area (TPSA) is 61.0 Å². The third-order valence-electron chi connectivity index (χ3n) is 6.28. The van der Waals surface area contributed by atoms with E-state index in [9.17, 15) is 4.79 Å². The monoisotopic (exact) mass is 366 g/mol. The average Bonchev–Trinajstić information content (AvgIpc) is 3.05. The lowest BCUT2D eigenvalue weighted by molar-refractivity contribution is 0.102. The number of fused-ring (bicyclic) bond motifs is 2. The van der Waals surface area contributed by atoms with Gasteiger partial charge in [-0.15, -0.1) is 0 Å². The van der Waals surface area contributed by atoms with Gasteiger partial charge in [0.25, 0.3) is 5.91 Å². The van der Waals surface area contributed by atoms with Gasteiger partial charge >= 0.3 is 0 Å². The van der Waals surface area contributed by atoms with E-state index in [4.69, 9.17) is 0 Å². The van der Waals surface area contributed by atoms with Gasteiger partial charge in [0.15, 0.2) is 5.69 Å². The van der Waals surface area contributed by atoms with Crippen molar-refractivity contribution in [1.82, 2.24) is 10.2 Å². The summed E-state index contributed by atoms with van der Waals surface area (Å²) >= 11 is 0. The summed E-state index contributed by atoms with van der Waals surface area (Å²) in [6, 6.07) is 6.23. The molecule has 4 rings (SSSR count). The first-order valence-corrected chi connectivity index (χ1v) is 10.0. The molecule has 0 radical (unpaired) electrons. The lowest BCUT2D eigenvalue weighted by Crippen LogP contribution is -2.28. The van der Waals surface area contributed by atoms with Crippen LogP contribution in [0.5, 0.6) is 0 Å². The Hall–Kier alpha value is -2.30. The molecule has 1 amide bonds. The summed E-state index contributed by atoms with van der Waals surface area (Å²) in [7, 11) is 2.11. The van der Waals surface area contributed by atoms with E-state index in [1.165, 1.54) is 17.7 Å². The highest BCUT2D eigenvalue weighted by molar-refractivity contribution is 6.04. The van der Waals surface area contributed by atoms with Crippen LogP contribution in [0.2, 0.25) is 0 Å². The van der Waals surface area contributed by atoms with E-state index >= 15 is 0 Å². The van der Waals surface area contributed by atoms with Gasteiger partial charge in [0.1, 0.15) is 0 Å². The van der Waals surface area contributed by atoms with Gasteiger partial charge in [0.05, 0.1) is 0 Å². The van der Waals surface area contributed by atoms with Gasteiger partial charge in [-0.3, -0.25) is 9.89 Å². The minimum atomic E-state index is -0.111. The van der Waals surface area contributed by atoms with E-state index in [2.05, 4.69) is 60.4 Å². The molecule has 0 spiro atoms. The number of rotatable bonds is 2. The largest absolute Gasteiger partial charge is 0.374 e. The second kappa shape index (κ2) is 6.70. The molecule has 0 saturated carbocycles. The molecule has 1 atom stereocenters. The number of anilines is 2. The summed E-state index contributed by atoms with van der Waals surface area (Å²) in [4.78, 5) is 15.2. The Labute approximate surface area is 161 Å². The molecule has 0 fully saturated rings. The number of hydrogen-bond acceptors (Lipinski definition) is 3. The summed E-state index contributed by atoms with van der Waals surface area (Å²) in [6.07, 6.45) is 5.33. The molecule has 27 heavy (non-hydrogen) atoms. The van der Waals surface area contributed by atoms with Crippen molar-refractivity contribution >= 4 is 17.3 Å². The quantitative estimate of drug-likeness (QED) is 0.837. The fourth-order valence-electron chi connectivity index (χ4n) is 4.45. The molecular formula is C22H30N4O. The van der Waals surface area contributed by atoms with E-state index in [1.54, 1.807) is 0 Å². The number of benzene rings is 1. The molecule has 1 aromatic carbocycles. The summed E-state index contributed by atoms with van der Waals surface area (Å²) in [5.74, 6) is 0.465. The molecule has 5 heteroatoms. The van der Waals surface area contributed by atoms with Crippen LogP contribution in [-0.2, 0) is 19.3 Å². The van der Waals surface area contributed by atoms with Gasteiger partial charge in [0, 0.05) is 36.2 Å². The molecule has 0 unspecified atom stereocenters. The number of amides is 1. The minimum Gasteiger partial charge on any atom is -0.374 e. The summed E-state index contributed by atoms with van der Waals surface area (Å²) in [6.45, 7) is 7.91. The maximum Gasteiger partial charge on any atom is 0.276 e. The van der Waals surface area contributed by atoms with Crippen LogP contribution < -0.4 is 10.2 Å².